The van der Waals surface area contributed by atoms with Gasteiger partial charge < -0.3 is 5.32 Å². The number of nitrogens with zero attached hydrogens (tertiary/aromatic N) is 2. The zero-order chi connectivity index (χ0) is 12.3. The maximum Gasteiger partial charge on any atom is 0.0312 e. The highest BCUT2D eigenvalue weighted by molar-refractivity contribution is 5.08. The molecule has 1 N–H and O–H groups in total. The van der Waals surface area contributed by atoms with Crippen LogP contribution in [-0.2, 0) is 6.54 Å². The first-order valence-electron chi connectivity index (χ1n) is 6.41. The Labute approximate surface area is 104 Å². The molecule has 1 aromatic heterocycles. The molecule has 0 aromatic carbocycles. The summed E-state index contributed by atoms with van der Waals surface area (Å²) in [4.78, 5) is 6.63. The maximum atomic E-state index is 4.17. The molecule has 0 aliphatic carbocycles. The van der Waals surface area contributed by atoms with Crippen molar-refractivity contribution < 1.29 is 0 Å². The summed E-state index contributed by atoms with van der Waals surface area (Å²) in [5, 5.41) is 3.57. The lowest BCUT2D eigenvalue weighted by molar-refractivity contribution is 0.138. The van der Waals surface area contributed by atoms with Crippen LogP contribution < -0.4 is 5.32 Å². The summed E-state index contributed by atoms with van der Waals surface area (Å²) >= 11 is 0. The summed E-state index contributed by atoms with van der Waals surface area (Å²) in [5.74, 6) is 0. The van der Waals surface area contributed by atoms with Gasteiger partial charge in [-0.05, 0) is 51.9 Å². The van der Waals surface area contributed by atoms with Crippen molar-refractivity contribution in [2.75, 3.05) is 13.6 Å². The average Bonchev–Trinajstić information content (AvgIpc) is 2.29. The lowest BCUT2D eigenvalue weighted by Crippen LogP contribution is -2.52. The molecular formula is C14H23N3. The Morgan fingerprint density at radius 3 is 3.00 bits per heavy atom. The van der Waals surface area contributed by atoms with Gasteiger partial charge in [0.2, 0.25) is 0 Å². The van der Waals surface area contributed by atoms with Crippen LogP contribution in [0, 0.1) is 0 Å². The molecular weight excluding hydrogens is 210 g/mol. The van der Waals surface area contributed by atoms with E-state index in [0.717, 1.165) is 13.1 Å². The smallest absolute Gasteiger partial charge is 0.0312 e. The lowest BCUT2D eigenvalue weighted by Gasteiger charge is -2.40. The molecule has 3 nitrogen and oxygen atoms in total. The van der Waals surface area contributed by atoms with Crippen molar-refractivity contribution in [1.82, 2.24) is 15.2 Å². The normalized spacial score (nSPS) is 23.9. The molecule has 2 heterocycles. The van der Waals surface area contributed by atoms with Crippen LogP contribution in [0.25, 0.3) is 0 Å². The third kappa shape index (κ3) is 3.51. The van der Waals surface area contributed by atoms with E-state index in [4.69, 9.17) is 0 Å². The van der Waals surface area contributed by atoms with Crippen molar-refractivity contribution in [2.24, 2.45) is 0 Å². The first-order valence-corrected chi connectivity index (χ1v) is 6.41. The van der Waals surface area contributed by atoms with Gasteiger partial charge in [0.1, 0.15) is 0 Å². The van der Waals surface area contributed by atoms with Crippen molar-refractivity contribution in [3.05, 3.63) is 30.1 Å². The number of piperidine rings is 1. The molecule has 1 saturated heterocycles. The number of rotatable bonds is 3. The highest BCUT2D eigenvalue weighted by atomic mass is 15.1. The topological polar surface area (TPSA) is 28.2 Å². The molecule has 94 valence electrons. The third-order valence-corrected chi connectivity index (χ3v) is 3.61. The minimum atomic E-state index is 0.270. The van der Waals surface area contributed by atoms with Crippen molar-refractivity contribution in [1.29, 1.82) is 0 Å². The van der Waals surface area contributed by atoms with Crippen LogP contribution in [-0.4, -0.2) is 35.1 Å². The second-order valence-corrected chi connectivity index (χ2v) is 5.73. The molecule has 1 unspecified atom stereocenters. The molecule has 3 heteroatoms. The van der Waals surface area contributed by atoms with E-state index in [1.54, 1.807) is 0 Å². The first kappa shape index (κ1) is 12.5. The Balaban J connectivity index is 1.94. The number of pyridine rings is 1. The van der Waals surface area contributed by atoms with Gasteiger partial charge in [-0.1, -0.05) is 6.07 Å². The van der Waals surface area contributed by atoms with E-state index in [-0.39, 0.29) is 5.54 Å². The molecule has 1 aliphatic heterocycles. The molecule has 1 aliphatic rings. The van der Waals surface area contributed by atoms with Gasteiger partial charge in [0.15, 0.2) is 0 Å². The number of nitrogens with one attached hydrogen (secondary N) is 1. The van der Waals surface area contributed by atoms with Crippen molar-refractivity contribution >= 4 is 0 Å². The molecule has 0 radical (unpaired) electrons. The van der Waals surface area contributed by atoms with Gasteiger partial charge >= 0.3 is 0 Å². The second-order valence-electron chi connectivity index (χ2n) is 5.73. The minimum absolute atomic E-state index is 0.270. The van der Waals surface area contributed by atoms with Crippen LogP contribution in [0.4, 0.5) is 0 Å². The summed E-state index contributed by atoms with van der Waals surface area (Å²) in [6.45, 7) is 6.69. The Bertz CT molecular complexity index is 348. The maximum absolute atomic E-state index is 4.17. The summed E-state index contributed by atoms with van der Waals surface area (Å²) in [7, 11) is 2.22. The van der Waals surface area contributed by atoms with Crippen molar-refractivity contribution in [3.8, 4) is 0 Å². The standard InChI is InChI=1S/C14H23N3/c1-14(2)9-13(6-8-16-14)17(3)11-12-5-4-7-15-10-12/h4-5,7,10,13,16H,6,8-9,11H2,1-3H3. The Kier molecular flexibility index (Phi) is 3.79. The SMILES string of the molecule is CN(Cc1cccnc1)C1CCNC(C)(C)C1. The van der Waals surface area contributed by atoms with E-state index in [2.05, 4.69) is 42.2 Å². The zero-order valence-electron chi connectivity index (χ0n) is 11.1. The lowest BCUT2D eigenvalue weighted by atomic mass is 9.88. The number of aromatic nitrogens is 1. The molecule has 0 spiro atoms. The molecule has 0 amide bonds. The molecule has 1 fully saturated rings. The van der Waals surface area contributed by atoms with Gasteiger partial charge in [0.25, 0.3) is 0 Å². The highest BCUT2D eigenvalue weighted by Crippen LogP contribution is 2.22. The van der Waals surface area contributed by atoms with E-state index in [1.165, 1.54) is 18.4 Å². The van der Waals surface area contributed by atoms with Crippen LogP contribution in [0.2, 0.25) is 0 Å². The monoisotopic (exact) mass is 233 g/mol. The van der Waals surface area contributed by atoms with Gasteiger partial charge in [-0.15, -0.1) is 0 Å². The second kappa shape index (κ2) is 5.15. The summed E-state index contributed by atoms with van der Waals surface area (Å²) in [6.07, 6.45) is 6.24. The van der Waals surface area contributed by atoms with Gasteiger partial charge in [0.05, 0.1) is 0 Å². The fourth-order valence-corrected chi connectivity index (χ4v) is 2.63. The van der Waals surface area contributed by atoms with Crippen LogP contribution >= 0.6 is 0 Å². The van der Waals surface area contributed by atoms with Gasteiger partial charge in [-0.25, -0.2) is 0 Å². The fourth-order valence-electron chi connectivity index (χ4n) is 2.63. The van der Waals surface area contributed by atoms with E-state index >= 15 is 0 Å². The number of hydrogen-bond donors (Lipinski definition) is 1. The van der Waals surface area contributed by atoms with Gasteiger partial charge in [0, 0.05) is 30.5 Å². The molecule has 17 heavy (non-hydrogen) atoms. The fraction of sp³-hybridized carbons (Fsp3) is 0.643. The Morgan fingerprint density at radius 1 is 1.53 bits per heavy atom. The molecule has 0 saturated carbocycles. The van der Waals surface area contributed by atoms with Crippen LogP contribution in [0.15, 0.2) is 24.5 Å². The van der Waals surface area contributed by atoms with E-state index in [1.807, 2.05) is 18.5 Å². The van der Waals surface area contributed by atoms with Gasteiger partial charge in [-0.3, -0.25) is 9.88 Å². The predicted molar refractivity (Wildman–Crippen MR) is 70.8 cm³/mol. The van der Waals surface area contributed by atoms with E-state index < -0.39 is 0 Å². The van der Waals surface area contributed by atoms with E-state index in [9.17, 15) is 0 Å². The first-order chi connectivity index (χ1) is 8.07. The summed E-state index contributed by atoms with van der Waals surface area (Å²) in [5.41, 5.74) is 1.57. The zero-order valence-corrected chi connectivity index (χ0v) is 11.1. The largest absolute Gasteiger partial charge is 0.312 e. The van der Waals surface area contributed by atoms with Gasteiger partial charge in [-0.2, -0.15) is 0 Å². The van der Waals surface area contributed by atoms with Crippen LogP contribution in [0.5, 0.6) is 0 Å². The summed E-state index contributed by atoms with van der Waals surface area (Å²) < 4.78 is 0. The molecule has 1 aromatic rings. The Hall–Kier alpha value is -0.930. The third-order valence-electron chi connectivity index (χ3n) is 3.61. The highest BCUT2D eigenvalue weighted by Gasteiger charge is 2.29. The van der Waals surface area contributed by atoms with Crippen molar-refractivity contribution in [3.63, 3.8) is 0 Å². The Morgan fingerprint density at radius 2 is 2.35 bits per heavy atom. The minimum Gasteiger partial charge on any atom is -0.312 e. The summed E-state index contributed by atoms with van der Waals surface area (Å²) in [6, 6.07) is 4.83. The molecule has 2 rings (SSSR count). The average molecular weight is 233 g/mol. The molecule has 0 bridgehead atoms. The number of hydrogen-bond acceptors (Lipinski definition) is 3. The van der Waals surface area contributed by atoms with Crippen LogP contribution in [0.3, 0.4) is 0 Å². The molecule has 1 atom stereocenters. The van der Waals surface area contributed by atoms with E-state index in [0.29, 0.717) is 6.04 Å². The van der Waals surface area contributed by atoms with Crippen LogP contribution in [0.1, 0.15) is 32.3 Å². The quantitative estimate of drug-likeness (QED) is 0.866. The predicted octanol–water partition coefficient (Wildman–Crippen LogP) is 2.04. The van der Waals surface area contributed by atoms with Crippen molar-refractivity contribution in [2.45, 2.75) is 44.8 Å².